The summed E-state index contributed by atoms with van der Waals surface area (Å²) in [6, 6.07) is 26.6. The van der Waals surface area contributed by atoms with Gasteiger partial charge >= 0.3 is 41.6 Å². The summed E-state index contributed by atoms with van der Waals surface area (Å²) < 4.78 is 0. The van der Waals surface area contributed by atoms with Gasteiger partial charge in [-0.25, -0.2) is 6.07 Å². The van der Waals surface area contributed by atoms with Gasteiger partial charge in [-0.2, -0.15) is 53.6 Å². The smallest absolute Gasteiger partial charge is 0.0253 e. The van der Waals surface area contributed by atoms with E-state index in [9.17, 15) is 0 Å². The molecule has 0 atom stereocenters. The number of fused-ring (bicyclic) bond motifs is 3. The molecule has 4 heteroatoms. The van der Waals surface area contributed by atoms with Crippen molar-refractivity contribution in [1.29, 1.82) is 0 Å². The Balaban J connectivity index is 0.000000432. The molecule has 3 aromatic carbocycles. The molecule has 3 aromatic rings. The standard InChI is InChI=1S/C13H9.C9H13.C2H6Si.2ClH.Hf/c1-3-7-12-10(5-1)9-11-6-2-4-8-13(11)12;1-9(2,3)8-6-4-5-7-8;1-3-2;;;/h1-5,7-8H,9H2;4-7H,1-3H3;1-2H3;2*1H;/q2*-1;;;;+2/p-2. The van der Waals surface area contributed by atoms with Crippen molar-refractivity contribution in [2.45, 2.75) is 45.7 Å². The van der Waals surface area contributed by atoms with Crippen molar-refractivity contribution < 1.29 is 47.8 Å². The second-order valence-electron chi connectivity index (χ2n) is 7.82. The van der Waals surface area contributed by atoms with Crippen LogP contribution in [0.5, 0.6) is 0 Å². The molecule has 0 aliphatic heterocycles. The van der Waals surface area contributed by atoms with E-state index in [-0.39, 0.29) is 30.3 Å². The number of rotatable bonds is 0. The fourth-order valence-corrected chi connectivity index (χ4v) is 2.87. The van der Waals surface area contributed by atoms with Gasteiger partial charge in [-0.3, -0.25) is 0 Å². The normalized spacial score (nSPS) is 10.5. The third kappa shape index (κ3) is 8.45. The third-order valence-corrected chi connectivity index (χ3v) is 4.15. The molecule has 0 amide bonds. The third-order valence-electron chi connectivity index (χ3n) is 4.15. The summed E-state index contributed by atoms with van der Waals surface area (Å²) in [6.45, 7) is 11.3. The van der Waals surface area contributed by atoms with Crippen LogP contribution in [0.1, 0.15) is 37.5 Å². The zero-order chi connectivity index (χ0) is 19.2. The van der Waals surface area contributed by atoms with Crippen molar-refractivity contribution in [2.24, 2.45) is 0 Å². The summed E-state index contributed by atoms with van der Waals surface area (Å²) >= 11 is 1.45. The molecule has 0 N–H and O–H groups in total. The minimum Gasteiger partial charge on any atom is -1.00 e. The van der Waals surface area contributed by atoms with Gasteiger partial charge < -0.3 is 24.8 Å². The van der Waals surface area contributed by atoms with Crippen LogP contribution in [0.3, 0.4) is 0 Å². The fourth-order valence-electron chi connectivity index (χ4n) is 2.87. The first kappa shape index (κ1) is 27.5. The second-order valence-corrected chi connectivity index (χ2v) is 20.6. The maximum absolute atomic E-state index is 3.30. The Bertz CT molecular complexity index is 802. The molecule has 0 unspecified atom stereocenters. The molecule has 0 saturated carbocycles. The van der Waals surface area contributed by atoms with Gasteiger partial charge in [0.15, 0.2) is 0 Å². The maximum atomic E-state index is 3.30. The van der Waals surface area contributed by atoms with Gasteiger partial charge in [0.05, 0.1) is 0 Å². The predicted molar refractivity (Wildman–Crippen MR) is 112 cm³/mol. The molecule has 0 nitrogen and oxygen atoms in total. The number of halogens is 2. The Morgan fingerprint density at radius 2 is 1.57 bits per heavy atom. The average Bonchev–Trinajstić information content (AvgIpc) is 3.22. The van der Waals surface area contributed by atoms with Crippen LogP contribution in [0.25, 0.3) is 11.1 Å². The molecule has 1 aliphatic rings. The van der Waals surface area contributed by atoms with Crippen LogP contribution < -0.4 is 24.8 Å². The minimum absolute atomic E-state index is 0. The topological polar surface area (TPSA) is 0 Å². The van der Waals surface area contributed by atoms with E-state index in [1.807, 2.05) is 6.07 Å². The Labute approximate surface area is 198 Å². The van der Waals surface area contributed by atoms with Crippen LogP contribution in [0, 0.1) is 6.07 Å². The first-order valence-electron chi connectivity index (χ1n) is 9.11. The minimum atomic E-state index is 0. The Kier molecular flexibility index (Phi) is 12.6. The summed E-state index contributed by atoms with van der Waals surface area (Å²) in [5, 5.41) is 0. The van der Waals surface area contributed by atoms with Gasteiger partial charge in [0.1, 0.15) is 0 Å². The zero-order valence-electron chi connectivity index (χ0n) is 17.3. The van der Waals surface area contributed by atoms with Crippen molar-refractivity contribution >= 4 is 5.49 Å². The molecule has 148 valence electrons. The first-order chi connectivity index (χ1) is 12.3. The number of benzene rings is 2. The van der Waals surface area contributed by atoms with E-state index >= 15 is 0 Å². The van der Waals surface area contributed by atoms with Crippen LogP contribution in [-0.2, 0) is 34.8 Å². The molecule has 0 bridgehead atoms. The summed E-state index contributed by atoms with van der Waals surface area (Å²) in [5.74, 6) is 0. The largest absolute Gasteiger partial charge is 1.00 e. The predicted octanol–water partition coefficient (Wildman–Crippen LogP) is 0.553. The van der Waals surface area contributed by atoms with Crippen LogP contribution in [0.15, 0.2) is 66.7 Å². The molecule has 1 aliphatic carbocycles. The molecule has 4 rings (SSSR count). The van der Waals surface area contributed by atoms with E-state index in [2.05, 4.69) is 101 Å². The van der Waals surface area contributed by atoms with E-state index in [1.165, 1.54) is 50.8 Å². The van der Waals surface area contributed by atoms with Crippen molar-refractivity contribution in [2.75, 3.05) is 0 Å². The van der Waals surface area contributed by atoms with Crippen molar-refractivity contribution in [3.63, 3.8) is 0 Å². The van der Waals surface area contributed by atoms with E-state index < -0.39 is 0 Å². The van der Waals surface area contributed by atoms with Gasteiger partial charge in [0.25, 0.3) is 0 Å². The van der Waals surface area contributed by atoms with Crippen LogP contribution >= 0.6 is 0 Å². The van der Waals surface area contributed by atoms with E-state index in [1.54, 1.807) is 0 Å². The van der Waals surface area contributed by atoms with Crippen molar-refractivity contribution in [1.82, 2.24) is 0 Å². The van der Waals surface area contributed by atoms with Gasteiger partial charge in [0.2, 0.25) is 0 Å². The fraction of sp³-hybridized carbons (Fsp3) is 0.292. The molecule has 0 heterocycles. The van der Waals surface area contributed by atoms with Crippen molar-refractivity contribution in [3.05, 3.63) is 89.5 Å². The molecule has 0 aromatic heterocycles. The van der Waals surface area contributed by atoms with Crippen LogP contribution in [0.2, 0.25) is 13.1 Å². The monoisotopic (exact) mass is 594 g/mol. The number of hydrogen-bond donors (Lipinski definition) is 0. The summed E-state index contributed by atoms with van der Waals surface area (Å²) in [7, 11) is 0. The molecular weight excluding hydrogens is 566 g/mol. The summed E-state index contributed by atoms with van der Waals surface area (Å²) in [4.78, 5) is 0. The van der Waals surface area contributed by atoms with Gasteiger partial charge in [-0.15, -0.1) is 5.56 Å². The number of hydrogen-bond acceptors (Lipinski definition) is 0. The molecular formula is C24H28Cl2HfSi-2. The molecule has 28 heavy (non-hydrogen) atoms. The molecule has 0 fully saturated rings. The Hall–Kier alpha value is -0.543. The van der Waals surface area contributed by atoms with Crippen LogP contribution in [0.4, 0.5) is 0 Å². The van der Waals surface area contributed by atoms with Gasteiger partial charge in [0, 0.05) is 0 Å². The van der Waals surface area contributed by atoms with Crippen molar-refractivity contribution in [3.8, 4) is 11.1 Å². The zero-order valence-corrected chi connectivity index (χ0v) is 23.4. The van der Waals surface area contributed by atoms with E-state index in [0.717, 1.165) is 6.42 Å². The summed E-state index contributed by atoms with van der Waals surface area (Å²) in [6.07, 6.45) is 1.05. The molecule has 0 spiro atoms. The second kappa shape index (κ2) is 12.9. The Morgan fingerprint density at radius 1 is 0.964 bits per heavy atom. The first-order valence-corrected chi connectivity index (χ1v) is 17.0. The maximum Gasteiger partial charge on any atom is -0.0253 e. The van der Waals surface area contributed by atoms with Gasteiger partial charge in [-0.1, -0.05) is 61.6 Å². The average molecular weight is 594 g/mol. The van der Waals surface area contributed by atoms with Gasteiger partial charge in [-0.05, 0) is 6.42 Å². The van der Waals surface area contributed by atoms with E-state index in [4.69, 9.17) is 0 Å². The van der Waals surface area contributed by atoms with E-state index in [0.29, 0.717) is 5.41 Å². The summed E-state index contributed by atoms with van der Waals surface area (Å²) in [5.41, 5.74) is 7.51. The van der Waals surface area contributed by atoms with Crippen LogP contribution in [-0.4, -0.2) is 5.49 Å². The SMILES string of the molecule is CC(C)(C)c1cc[cH-]c1.C[Si](C)=[Hf+2].[Cl-].[Cl-].[c-]1cccc2c1Cc1ccccc1-2. The Morgan fingerprint density at radius 3 is 2.11 bits per heavy atom. The molecule has 0 radical (unpaired) electrons. The quantitative estimate of drug-likeness (QED) is 0.207. The molecule has 0 saturated heterocycles.